The molecule has 0 heterocycles. The van der Waals surface area contributed by atoms with E-state index >= 15 is 0 Å². The molecular weight excluding hydrogens is 535 g/mol. The van der Waals surface area contributed by atoms with E-state index in [9.17, 15) is 30.0 Å². The van der Waals surface area contributed by atoms with E-state index in [0.29, 0.717) is 0 Å². The summed E-state index contributed by atoms with van der Waals surface area (Å²) in [7, 11) is 0. The number of carboxylic acids is 2. The molecule has 0 aliphatic heterocycles. The Balaban J connectivity index is 0.00000612. The molecular formula is C26H36N2O6Tc. The molecule has 2 unspecified atom stereocenters. The molecule has 0 saturated carbocycles. The van der Waals surface area contributed by atoms with Crippen molar-refractivity contribution in [1.82, 2.24) is 10.6 Å². The predicted octanol–water partition coefficient (Wildman–Crippen LogP) is 3.82. The van der Waals surface area contributed by atoms with Crippen LogP contribution in [0.2, 0.25) is 0 Å². The zero-order valence-electron chi connectivity index (χ0n) is 21.0. The average molecular weight is 571 g/mol. The van der Waals surface area contributed by atoms with Crippen molar-refractivity contribution in [2.45, 2.75) is 64.5 Å². The van der Waals surface area contributed by atoms with Crippen LogP contribution < -0.4 is 10.6 Å². The molecule has 8 nitrogen and oxygen atoms in total. The molecule has 2 aromatic rings. The van der Waals surface area contributed by atoms with E-state index < -0.39 is 24.0 Å². The minimum Gasteiger partial charge on any atom is -0.508 e. The van der Waals surface area contributed by atoms with Crippen LogP contribution in [0.25, 0.3) is 0 Å². The van der Waals surface area contributed by atoms with Gasteiger partial charge in [0, 0.05) is 44.3 Å². The molecule has 0 amide bonds. The molecule has 2 aromatic carbocycles. The smallest absolute Gasteiger partial charge is 0.325 e. The maximum absolute atomic E-state index is 11.9. The second-order valence-corrected chi connectivity index (χ2v) is 10.5. The summed E-state index contributed by atoms with van der Waals surface area (Å²) in [6.07, 6.45) is 0. The first-order chi connectivity index (χ1) is 15.6. The van der Waals surface area contributed by atoms with Crippen LogP contribution in [0.15, 0.2) is 36.4 Å². The molecule has 35 heavy (non-hydrogen) atoms. The number of carboxylic acid groups (broad SMARTS) is 2. The third-order valence-corrected chi connectivity index (χ3v) is 5.72. The van der Waals surface area contributed by atoms with Crippen LogP contribution in [0.1, 0.15) is 75.9 Å². The van der Waals surface area contributed by atoms with Gasteiger partial charge in [0.15, 0.2) is 0 Å². The van der Waals surface area contributed by atoms with E-state index in [1.54, 1.807) is 24.3 Å². The number of phenols is 2. The van der Waals surface area contributed by atoms with Crippen molar-refractivity contribution in [2.75, 3.05) is 13.1 Å². The fourth-order valence-electron chi connectivity index (χ4n) is 3.60. The molecule has 2 atom stereocenters. The van der Waals surface area contributed by atoms with Gasteiger partial charge in [0.2, 0.25) is 0 Å². The van der Waals surface area contributed by atoms with Crippen molar-refractivity contribution in [2.24, 2.45) is 0 Å². The number of benzene rings is 2. The monoisotopic (exact) mass is 571 g/mol. The Hall–Kier alpha value is -2.45. The van der Waals surface area contributed by atoms with Crippen LogP contribution in [0.4, 0.5) is 0 Å². The van der Waals surface area contributed by atoms with Crippen LogP contribution >= 0.6 is 0 Å². The van der Waals surface area contributed by atoms with Crippen LogP contribution in [-0.2, 0) is 40.5 Å². The molecule has 193 valence electrons. The van der Waals surface area contributed by atoms with E-state index in [-0.39, 0.29) is 66.7 Å². The Bertz CT molecular complexity index is 960. The average Bonchev–Trinajstić information content (AvgIpc) is 2.70. The Kier molecular flexibility index (Phi) is 10.5. The topological polar surface area (TPSA) is 139 Å². The van der Waals surface area contributed by atoms with Crippen LogP contribution in [0, 0.1) is 0 Å². The number of hydrogen-bond acceptors (Lipinski definition) is 6. The zero-order chi connectivity index (χ0) is 25.8. The minimum atomic E-state index is -1.18. The largest absolute Gasteiger partial charge is 0.508 e. The van der Waals surface area contributed by atoms with Gasteiger partial charge < -0.3 is 20.4 Å². The fraction of sp³-hybridized carbons (Fsp3) is 0.462. The Morgan fingerprint density at radius 3 is 1.29 bits per heavy atom. The predicted molar refractivity (Wildman–Crippen MR) is 130 cm³/mol. The Morgan fingerprint density at radius 2 is 1.03 bits per heavy atom. The molecule has 0 aliphatic rings. The van der Waals surface area contributed by atoms with Gasteiger partial charge in [-0.1, -0.05) is 53.7 Å². The van der Waals surface area contributed by atoms with Crippen molar-refractivity contribution >= 4 is 11.9 Å². The molecule has 0 aromatic heterocycles. The maximum atomic E-state index is 11.9. The quantitative estimate of drug-likeness (QED) is 0.250. The number of rotatable bonds is 9. The third-order valence-electron chi connectivity index (χ3n) is 5.72. The summed E-state index contributed by atoms with van der Waals surface area (Å²) in [6, 6.07) is 7.48. The zero-order valence-corrected chi connectivity index (χ0v) is 22.9. The summed E-state index contributed by atoms with van der Waals surface area (Å²) in [6.45, 7) is 12.2. The van der Waals surface area contributed by atoms with Gasteiger partial charge in [-0.3, -0.25) is 20.2 Å². The van der Waals surface area contributed by atoms with Crippen molar-refractivity contribution in [3.63, 3.8) is 0 Å². The first-order valence-electron chi connectivity index (χ1n) is 11.2. The van der Waals surface area contributed by atoms with Crippen molar-refractivity contribution in [3.8, 4) is 11.5 Å². The van der Waals surface area contributed by atoms with Crippen LogP contribution in [0.3, 0.4) is 0 Å². The summed E-state index contributed by atoms with van der Waals surface area (Å²) < 4.78 is 0. The van der Waals surface area contributed by atoms with Crippen molar-refractivity contribution in [1.29, 1.82) is 0 Å². The summed E-state index contributed by atoms with van der Waals surface area (Å²) in [5.41, 5.74) is 1.78. The van der Waals surface area contributed by atoms with E-state index in [1.807, 2.05) is 41.5 Å². The molecule has 9 heteroatoms. The fourth-order valence-corrected chi connectivity index (χ4v) is 3.60. The molecule has 2 rings (SSSR count). The Labute approximate surface area is 220 Å². The molecule has 0 bridgehead atoms. The number of nitrogens with one attached hydrogen (secondary N) is 2. The standard InChI is InChI=1S/C26H36N2O6.Tc/c1-25(2,3)15-7-9-19(29)17(13-15)21(23(31)32)27-11-12-28-22(24(33)34)18-14-16(26(4,5)6)8-10-20(18)30;/h7-10,13-14,21-22,27-30H,11-12H2,1-6H3,(H,31,32)(H,33,34);/i;1+1. The molecule has 0 saturated heterocycles. The van der Waals surface area contributed by atoms with Crippen molar-refractivity contribution < 1.29 is 50.1 Å². The summed E-state index contributed by atoms with van der Waals surface area (Å²) in [4.78, 5) is 23.9. The van der Waals surface area contributed by atoms with E-state index in [4.69, 9.17) is 0 Å². The van der Waals surface area contributed by atoms with E-state index in [2.05, 4.69) is 10.6 Å². The third kappa shape index (κ3) is 8.04. The molecule has 0 fully saturated rings. The molecule has 6 N–H and O–H groups in total. The SMILES string of the molecule is CC(C)(C)c1ccc(O)c(C(NCCNC(C(=O)O)c2cc(C(C)(C)C)ccc2O)C(=O)O)c1.[99Tc]. The van der Waals surface area contributed by atoms with Gasteiger partial charge in [-0.25, -0.2) is 0 Å². The minimum absolute atomic E-state index is 0. The van der Waals surface area contributed by atoms with Gasteiger partial charge in [-0.2, -0.15) is 0 Å². The second kappa shape index (κ2) is 12.0. The van der Waals surface area contributed by atoms with E-state index in [1.165, 1.54) is 12.1 Å². The summed E-state index contributed by atoms with van der Waals surface area (Å²) in [5, 5.41) is 45.8. The maximum Gasteiger partial charge on any atom is 0.325 e. The normalized spacial score (nSPS) is 13.5. The second-order valence-electron chi connectivity index (χ2n) is 10.5. The van der Waals surface area contributed by atoms with Gasteiger partial charge in [-0.15, -0.1) is 0 Å². The van der Waals surface area contributed by atoms with Crippen molar-refractivity contribution in [3.05, 3.63) is 58.7 Å². The van der Waals surface area contributed by atoms with Crippen LogP contribution in [0.5, 0.6) is 11.5 Å². The molecule has 0 spiro atoms. The number of hydrogen-bond donors (Lipinski definition) is 6. The van der Waals surface area contributed by atoms with Gasteiger partial charge in [0.25, 0.3) is 0 Å². The van der Waals surface area contributed by atoms with Gasteiger partial charge in [0.05, 0.1) is 0 Å². The summed E-state index contributed by atoms with van der Waals surface area (Å²) >= 11 is 0. The molecule has 0 aliphatic carbocycles. The first kappa shape index (κ1) is 30.6. The van der Waals surface area contributed by atoms with Gasteiger partial charge in [0.1, 0.15) is 23.6 Å². The summed E-state index contributed by atoms with van der Waals surface area (Å²) in [5.74, 6) is -2.58. The van der Waals surface area contributed by atoms with Gasteiger partial charge >= 0.3 is 11.9 Å². The number of aliphatic carboxylic acids is 2. The van der Waals surface area contributed by atoms with Gasteiger partial charge in [-0.05, 0) is 46.2 Å². The van der Waals surface area contributed by atoms with E-state index in [0.717, 1.165) is 11.1 Å². The molecule has 1 radical (unpaired) electrons. The number of carbonyl (C=O) groups is 2. The van der Waals surface area contributed by atoms with Crippen LogP contribution in [-0.4, -0.2) is 45.5 Å². The number of aromatic hydroxyl groups is 2. The Morgan fingerprint density at radius 1 is 0.714 bits per heavy atom. The number of phenolic OH excluding ortho intramolecular Hbond substituents is 2. The first-order valence-corrected chi connectivity index (χ1v) is 11.2.